The van der Waals surface area contributed by atoms with E-state index in [2.05, 4.69) is 0 Å². The van der Waals surface area contributed by atoms with Gasteiger partial charge < -0.3 is 10.0 Å². The van der Waals surface area contributed by atoms with Gasteiger partial charge in [0.05, 0.1) is 0 Å². The molecule has 0 aliphatic carbocycles. The van der Waals surface area contributed by atoms with Crippen LogP contribution in [0.3, 0.4) is 0 Å². The quantitative estimate of drug-likeness (QED) is 0.829. The first-order valence-corrected chi connectivity index (χ1v) is 5.80. The van der Waals surface area contributed by atoms with Gasteiger partial charge in [-0.2, -0.15) is 0 Å². The third-order valence-electron chi connectivity index (χ3n) is 2.84. The van der Waals surface area contributed by atoms with Crippen LogP contribution in [-0.4, -0.2) is 30.2 Å². The summed E-state index contributed by atoms with van der Waals surface area (Å²) in [6.07, 6.45) is 0.901. The summed E-state index contributed by atoms with van der Waals surface area (Å²) in [6.45, 7) is 3.46. The minimum atomic E-state index is -0.821. The normalized spacial score (nSPS) is 13.1. The van der Waals surface area contributed by atoms with Crippen LogP contribution in [0.4, 0.5) is 8.78 Å². The Morgan fingerprint density at radius 3 is 2.53 bits per heavy atom. The molecular formula is C13H19F2NO. The van der Waals surface area contributed by atoms with Gasteiger partial charge in [-0.3, -0.25) is 0 Å². The van der Waals surface area contributed by atoms with Crippen molar-refractivity contribution in [2.45, 2.75) is 19.9 Å². The molecule has 1 aromatic carbocycles. The molecule has 0 fully saturated rings. The second kappa shape index (κ2) is 6.67. The molecule has 0 spiro atoms. The Balaban J connectivity index is 2.55. The van der Waals surface area contributed by atoms with Crippen molar-refractivity contribution in [2.24, 2.45) is 5.92 Å². The van der Waals surface area contributed by atoms with E-state index in [0.717, 1.165) is 24.6 Å². The Hall–Kier alpha value is -1.00. The third kappa shape index (κ3) is 4.40. The maximum Gasteiger partial charge on any atom is 0.159 e. The standard InChI is InChI=1S/C13H19F2NO/c1-3-10(9-17)7-16(2)8-11-4-5-12(14)13(15)6-11/h4-6,10,17H,3,7-9H2,1-2H3. The maximum atomic E-state index is 13.0. The van der Waals surface area contributed by atoms with Gasteiger partial charge in [0.25, 0.3) is 0 Å². The van der Waals surface area contributed by atoms with Crippen LogP contribution in [0.15, 0.2) is 18.2 Å². The molecular weight excluding hydrogens is 224 g/mol. The monoisotopic (exact) mass is 243 g/mol. The van der Waals surface area contributed by atoms with E-state index >= 15 is 0 Å². The molecule has 0 bridgehead atoms. The van der Waals surface area contributed by atoms with E-state index < -0.39 is 11.6 Å². The maximum absolute atomic E-state index is 13.0. The summed E-state index contributed by atoms with van der Waals surface area (Å²) in [5.41, 5.74) is 0.735. The van der Waals surface area contributed by atoms with E-state index in [4.69, 9.17) is 5.11 Å². The van der Waals surface area contributed by atoms with E-state index in [0.29, 0.717) is 6.54 Å². The second-order valence-corrected chi connectivity index (χ2v) is 4.40. The molecule has 2 nitrogen and oxygen atoms in total. The Morgan fingerprint density at radius 2 is 2.00 bits per heavy atom. The fraction of sp³-hybridized carbons (Fsp3) is 0.538. The highest BCUT2D eigenvalue weighted by Gasteiger charge is 2.10. The Kier molecular flexibility index (Phi) is 5.51. The van der Waals surface area contributed by atoms with Crippen molar-refractivity contribution in [3.63, 3.8) is 0 Å². The van der Waals surface area contributed by atoms with Crippen LogP contribution in [0.25, 0.3) is 0 Å². The summed E-state index contributed by atoms with van der Waals surface area (Å²) < 4.78 is 25.7. The number of hydrogen-bond acceptors (Lipinski definition) is 2. The lowest BCUT2D eigenvalue weighted by atomic mass is 10.1. The van der Waals surface area contributed by atoms with Gasteiger partial charge in [-0.05, 0) is 37.1 Å². The van der Waals surface area contributed by atoms with Crippen LogP contribution < -0.4 is 0 Å². The highest BCUT2D eigenvalue weighted by molar-refractivity contribution is 5.17. The molecule has 0 saturated carbocycles. The van der Waals surface area contributed by atoms with Crippen molar-refractivity contribution < 1.29 is 13.9 Å². The minimum absolute atomic E-state index is 0.151. The number of aliphatic hydroxyl groups is 1. The van der Waals surface area contributed by atoms with Crippen LogP contribution in [0, 0.1) is 17.6 Å². The number of hydrogen-bond donors (Lipinski definition) is 1. The summed E-state index contributed by atoms with van der Waals surface area (Å²) >= 11 is 0. The van der Waals surface area contributed by atoms with E-state index in [1.54, 1.807) is 6.07 Å². The van der Waals surface area contributed by atoms with Gasteiger partial charge in [0.2, 0.25) is 0 Å². The van der Waals surface area contributed by atoms with E-state index in [-0.39, 0.29) is 12.5 Å². The van der Waals surface area contributed by atoms with Gasteiger partial charge >= 0.3 is 0 Å². The largest absolute Gasteiger partial charge is 0.396 e. The highest BCUT2D eigenvalue weighted by Crippen LogP contribution is 2.12. The zero-order valence-electron chi connectivity index (χ0n) is 10.3. The predicted molar refractivity (Wildman–Crippen MR) is 63.6 cm³/mol. The van der Waals surface area contributed by atoms with Gasteiger partial charge in [-0.1, -0.05) is 13.0 Å². The van der Waals surface area contributed by atoms with E-state index in [1.165, 1.54) is 6.07 Å². The van der Waals surface area contributed by atoms with E-state index in [1.807, 2.05) is 18.9 Å². The van der Waals surface area contributed by atoms with E-state index in [9.17, 15) is 8.78 Å². The molecule has 0 aromatic heterocycles. The molecule has 17 heavy (non-hydrogen) atoms. The molecule has 0 aliphatic heterocycles. The molecule has 1 unspecified atom stereocenters. The molecule has 0 radical (unpaired) electrons. The lowest BCUT2D eigenvalue weighted by Gasteiger charge is -2.21. The summed E-state index contributed by atoms with van der Waals surface area (Å²) in [5.74, 6) is -1.41. The average molecular weight is 243 g/mol. The van der Waals surface area contributed by atoms with Gasteiger partial charge in [0.15, 0.2) is 11.6 Å². The smallest absolute Gasteiger partial charge is 0.159 e. The van der Waals surface area contributed by atoms with Gasteiger partial charge in [0.1, 0.15) is 0 Å². The number of halogens is 2. The Labute approximate surface area is 101 Å². The molecule has 0 heterocycles. The van der Waals surface area contributed by atoms with Crippen LogP contribution in [-0.2, 0) is 6.54 Å². The van der Waals surface area contributed by atoms with Crippen LogP contribution >= 0.6 is 0 Å². The van der Waals surface area contributed by atoms with Crippen LogP contribution in [0.2, 0.25) is 0 Å². The van der Waals surface area contributed by atoms with Crippen molar-refractivity contribution >= 4 is 0 Å². The molecule has 1 N–H and O–H groups in total. The molecule has 1 rings (SSSR count). The molecule has 96 valence electrons. The first kappa shape index (κ1) is 14.1. The number of aliphatic hydroxyl groups excluding tert-OH is 1. The summed E-state index contributed by atoms with van der Waals surface area (Å²) in [7, 11) is 1.90. The molecule has 0 aliphatic rings. The summed E-state index contributed by atoms with van der Waals surface area (Å²) in [6, 6.07) is 3.93. The van der Waals surface area contributed by atoms with Gasteiger partial charge in [0, 0.05) is 19.7 Å². The fourth-order valence-corrected chi connectivity index (χ4v) is 1.77. The number of benzene rings is 1. The first-order chi connectivity index (χ1) is 8.06. The van der Waals surface area contributed by atoms with Crippen LogP contribution in [0.1, 0.15) is 18.9 Å². The highest BCUT2D eigenvalue weighted by atomic mass is 19.2. The Bertz CT molecular complexity index is 353. The second-order valence-electron chi connectivity index (χ2n) is 4.40. The fourth-order valence-electron chi connectivity index (χ4n) is 1.77. The lowest BCUT2D eigenvalue weighted by molar-refractivity contribution is 0.173. The van der Waals surface area contributed by atoms with Crippen molar-refractivity contribution in [2.75, 3.05) is 20.2 Å². The molecule has 0 saturated heterocycles. The first-order valence-electron chi connectivity index (χ1n) is 5.80. The molecule has 0 amide bonds. The van der Waals surface area contributed by atoms with Crippen LogP contribution in [0.5, 0.6) is 0 Å². The predicted octanol–water partition coefficient (Wildman–Crippen LogP) is 2.42. The summed E-state index contributed by atoms with van der Waals surface area (Å²) in [4.78, 5) is 2.00. The van der Waals surface area contributed by atoms with Crippen molar-refractivity contribution in [1.82, 2.24) is 4.90 Å². The zero-order chi connectivity index (χ0) is 12.8. The zero-order valence-corrected chi connectivity index (χ0v) is 10.3. The Morgan fingerprint density at radius 1 is 1.29 bits per heavy atom. The SMILES string of the molecule is CCC(CO)CN(C)Cc1ccc(F)c(F)c1. The van der Waals surface area contributed by atoms with Gasteiger partial charge in [-0.25, -0.2) is 8.78 Å². The van der Waals surface area contributed by atoms with Crippen molar-refractivity contribution in [3.8, 4) is 0 Å². The van der Waals surface area contributed by atoms with Gasteiger partial charge in [-0.15, -0.1) is 0 Å². The number of rotatable bonds is 6. The van der Waals surface area contributed by atoms with Crippen molar-refractivity contribution in [1.29, 1.82) is 0 Å². The molecule has 1 atom stereocenters. The topological polar surface area (TPSA) is 23.5 Å². The third-order valence-corrected chi connectivity index (χ3v) is 2.84. The average Bonchev–Trinajstić information content (AvgIpc) is 2.31. The minimum Gasteiger partial charge on any atom is -0.396 e. The number of nitrogens with zero attached hydrogens (tertiary/aromatic N) is 1. The summed E-state index contributed by atoms with van der Waals surface area (Å²) in [5, 5.41) is 9.09. The molecule has 4 heteroatoms. The van der Waals surface area contributed by atoms with Crippen molar-refractivity contribution in [3.05, 3.63) is 35.4 Å². The lowest BCUT2D eigenvalue weighted by Crippen LogP contribution is -2.27. The molecule has 1 aromatic rings.